The first-order valence-electron chi connectivity index (χ1n) is 6.21. The molecule has 98 valence electrons. The number of hydrogen-bond acceptors (Lipinski definition) is 5. The highest BCUT2D eigenvalue weighted by Crippen LogP contribution is 2.17. The topological polar surface area (TPSA) is 93.6 Å². The van der Waals surface area contributed by atoms with Gasteiger partial charge in [0.2, 0.25) is 11.7 Å². The molecular formula is C12H19N5O. The smallest absolute Gasteiger partial charge is 0.238 e. The second-order valence-electron chi connectivity index (χ2n) is 4.88. The van der Waals surface area contributed by atoms with Gasteiger partial charge < -0.3 is 15.2 Å². The molecule has 0 bridgehead atoms. The summed E-state index contributed by atoms with van der Waals surface area (Å²) in [7, 11) is 0. The molecule has 2 aromatic rings. The molecule has 2 heterocycles. The molecule has 0 aliphatic carbocycles. The van der Waals surface area contributed by atoms with Crippen LogP contribution in [0, 0.1) is 11.8 Å². The maximum atomic E-state index is 5.76. The first-order chi connectivity index (χ1) is 8.69. The standard InChI is InChI=1S/C12H19N5O/c1-8(2)5-9(7-13)6-10-16-12(17-18-10)11-14-3-4-15-11/h3-4,8-9H,5-7,13H2,1-2H3,(H,14,15). The van der Waals surface area contributed by atoms with Crippen LogP contribution in [0.3, 0.4) is 0 Å². The number of hydrogen-bond donors (Lipinski definition) is 2. The summed E-state index contributed by atoms with van der Waals surface area (Å²) in [6, 6.07) is 0. The zero-order valence-electron chi connectivity index (χ0n) is 10.8. The van der Waals surface area contributed by atoms with E-state index in [2.05, 4.69) is 34.0 Å². The number of nitrogens with two attached hydrogens (primary N) is 1. The van der Waals surface area contributed by atoms with Crippen molar-refractivity contribution < 1.29 is 4.52 Å². The molecule has 0 saturated carbocycles. The Kier molecular flexibility index (Phi) is 4.09. The molecule has 0 amide bonds. The zero-order valence-corrected chi connectivity index (χ0v) is 10.8. The molecule has 2 aromatic heterocycles. The van der Waals surface area contributed by atoms with Crippen LogP contribution in [0.15, 0.2) is 16.9 Å². The molecule has 0 saturated heterocycles. The average Bonchev–Trinajstić information content (AvgIpc) is 2.97. The van der Waals surface area contributed by atoms with Crippen LogP contribution < -0.4 is 5.73 Å². The van der Waals surface area contributed by atoms with Gasteiger partial charge >= 0.3 is 0 Å². The molecule has 3 N–H and O–H groups in total. The molecule has 1 atom stereocenters. The highest BCUT2D eigenvalue weighted by Gasteiger charge is 2.16. The first-order valence-corrected chi connectivity index (χ1v) is 6.21. The molecule has 0 spiro atoms. The molecule has 0 fully saturated rings. The van der Waals surface area contributed by atoms with Gasteiger partial charge in [0.1, 0.15) is 0 Å². The third-order valence-electron chi connectivity index (χ3n) is 2.78. The monoisotopic (exact) mass is 249 g/mol. The molecule has 2 rings (SSSR count). The number of nitrogens with zero attached hydrogens (tertiary/aromatic N) is 3. The number of imidazole rings is 1. The molecule has 18 heavy (non-hydrogen) atoms. The number of rotatable bonds is 6. The van der Waals surface area contributed by atoms with Crippen molar-refractivity contribution in [1.29, 1.82) is 0 Å². The van der Waals surface area contributed by atoms with Gasteiger partial charge in [-0.15, -0.1) is 0 Å². The molecular weight excluding hydrogens is 230 g/mol. The normalized spacial score (nSPS) is 13.1. The second kappa shape index (κ2) is 5.77. The molecule has 0 aromatic carbocycles. The van der Waals surface area contributed by atoms with Crippen LogP contribution in [0.1, 0.15) is 26.2 Å². The van der Waals surface area contributed by atoms with Gasteiger partial charge in [-0.2, -0.15) is 4.98 Å². The third kappa shape index (κ3) is 3.16. The summed E-state index contributed by atoms with van der Waals surface area (Å²) in [5, 5.41) is 3.90. The lowest BCUT2D eigenvalue weighted by molar-refractivity contribution is 0.331. The van der Waals surface area contributed by atoms with E-state index < -0.39 is 0 Å². The molecule has 6 nitrogen and oxygen atoms in total. The van der Waals surface area contributed by atoms with Crippen LogP contribution in [0.5, 0.6) is 0 Å². The van der Waals surface area contributed by atoms with E-state index in [0.29, 0.717) is 35.9 Å². The van der Waals surface area contributed by atoms with E-state index in [9.17, 15) is 0 Å². The highest BCUT2D eigenvalue weighted by atomic mass is 16.5. The number of aromatic nitrogens is 4. The first kappa shape index (κ1) is 12.8. The Balaban J connectivity index is 2.01. The Hall–Kier alpha value is -1.69. The van der Waals surface area contributed by atoms with Crippen molar-refractivity contribution in [3.63, 3.8) is 0 Å². The highest BCUT2D eigenvalue weighted by molar-refractivity contribution is 5.40. The van der Waals surface area contributed by atoms with E-state index in [0.717, 1.165) is 12.8 Å². The Morgan fingerprint density at radius 3 is 2.89 bits per heavy atom. The van der Waals surface area contributed by atoms with Crippen molar-refractivity contribution in [2.45, 2.75) is 26.7 Å². The van der Waals surface area contributed by atoms with Crippen molar-refractivity contribution in [3.05, 3.63) is 18.3 Å². The fourth-order valence-corrected chi connectivity index (χ4v) is 2.00. The maximum absolute atomic E-state index is 5.76. The molecule has 0 aliphatic rings. The number of H-pyrrole nitrogens is 1. The fourth-order valence-electron chi connectivity index (χ4n) is 2.00. The van der Waals surface area contributed by atoms with Gasteiger partial charge in [-0.3, -0.25) is 0 Å². The Morgan fingerprint density at radius 2 is 2.28 bits per heavy atom. The van der Waals surface area contributed by atoms with Crippen LogP contribution in [0.4, 0.5) is 0 Å². The Morgan fingerprint density at radius 1 is 1.44 bits per heavy atom. The van der Waals surface area contributed by atoms with Crippen molar-refractivity contribution in [3.8, 4) is 11.6 Å². The largest absolute Gasteiger partial charge is 0.342 e. The molecule has 6 heteroatoms. The summed E-state index contributed by atoms with van der Waals surface area (Å²) in [4.78, 5) is 11.3. The lowest BCUT2D eigenvalue weighted by atomic mass is 9.94. The summed E-state index contributed by atoms with van der Waals surface area (Å²) in [6.45, 7) is 5.01. The quantitative estimate of drug-likeness (QED) is 0.811. The van der Waals surface area contributed by atoms with E-state index in [1.165, 1.54) is 0 Å². The van der Waals surface area contributed by atoms with Gasteiger partial charge in [0.15, 0.2) is 5.82 Å². The van der Waals surface area contributed by atoms with Gasteiger partial charge in [-0.1, -0.05) is 19.0 Å². The van der Waals surface area contributed by atoms with Crippen LogP contribution >= 0.6 is 0 Å². The lowest BCUT2D eigenvalue weighted by Gasteiger charge is -2.14. The zero-order chi connectivity index (χ0) is 13.0. The minimum atomic E-state index is 0.384. The summed E-state index contributed by atoms with van der Waals surface area (Å²) in [5.41, 5.74) is 5.76. The van der Waals surface area contributed by atoms with E-state index >= 15 is 0 Å². The van der Waals surface area contributed by atoms with E-state index in [-0.39, 0.29) is 0 Å². The summed E-state index contributed by atoms with van der Waals surface area (Å²) < 4.78 is 5.23. The maximum Gasteiger partial charge on any atom is 0.238 e. The van der Waals surface area contributed by atoms with Crippen LogP contribution in [-0.2, 0) is 6.42 Å². The molecule has 0 radical (unpaired) electrons. The summed E-state index contributed by atoms with van der Waals surface area (Å²) in [6.07, 6.45) is 5.18. The van der Waals surface area contributed by atoms with Crippen LogP contribution in [-0.4, -0.2) is 26.7 Å². The van der Waals surface area contributed by atoms with Crippen LogP contribution in [0.25, 0.3) is 11.6 Å². The minimum absolute atomic E-state index is 0.384. The van der Waals surface area contributed by atoms with Gasteiger partial charge in [0.05, 0.1) is 0 Å². The number of nitrogens with one attached hydrogen (secondary N) is 1. The summed E-state index contributed by atoms with van der Waals surface area (Å²) >= 11 is 0. The van der Waals surface area contributed by atoms with Crippen molar-refractivity contribution in [2.75, 3.05) is 6.54 Å². The van der Waals surface area contributed by atoms with Crippen molar-refractivity contribution >= 4 is 0 Å². The van der Waals surface area contributed by atoms with Gasteiger partial charge in [-0.05, 0) is 24.8 Å². The predicted octanol–water partition coefficient (Wildman–Crippen LogP) is 1.62. The fraction of sp³-hybridized carbons (Fsp3) is 0.583. The minimum Gasteiger partial charge on any atom is -0.342 e. The van der Waals surface area contributed by atoms with E-state index in [1.54, 1.807) is 12.4 Å². The SMILES string of the molecule is CC(C)CC(CN)Cc1nc(-c2ncc[nH]2)no1. The Bertz CT molecular complexity index is 463. The van der Waals surface area contributed by atoms with Crippen molar-refractivity contribution in [2.24, 2.45) is 17.6 Å². The van der Waals surface area contributed by atoms with Gasteiger partial charge in [0, 0.05) is 18.8 Å². The number of aromatic amines is 1. The van der Waals surface area contributed by atoms with E-state index in [1.807, 2.05) is 0 Å². The second-order valence-corrected chi connectivity index (χ2v) is 4.88. The van der Waals surface area contributed by atoms with Gasteiger partial charge in [0.25, 0.3) is 0 Å². The molecule has 1 unspecified atom stereocenters. The third-order valence-corrected chi connectivity index (χ3v) is 2.78. The van der Waals surface area contributed by atoms with Crippen molar-refractivity contribution in [1.82, 2.24) is 20.1 Å². The summed E-state index contributed by atoms with van der Waals surface area (Å²) in [5.74, 6) is 2.74. The van der Waals surface area contributed by atoms with Gasteiger partial charge in [-0.25, -0.2) is 4.98 Å². The lowest BCUT2D eigenvalue weighted by Crippen LogP contribution is -2.19. The van der Waals surface area contributed by atoms with Crippen LogP contribution in [0.2, 0.25) is 0 Å². The average molecular weight is 249 g/mol. The Labute approximate surface area is 106 Å². The van der Waals surface area contributed by atoms with E-state index in [4.69, 9.17) is 10.3 Å². The molecule has 0 aliphatic heterocycles. The predicted molar refractivity (Wildman–Crippen MR) is 67.6 cm³/mol.